The number of ether oxygens (including phenoxy) is 5. The maximum absolute atomic E-state index is 14.2. The van der Waals surface area contributed by atoms with Crippen LogP contribution >= 0.6 is 0 Å². The van der Waals surface area contributed by atoms with Crippen molar-refractivity contribution >= 4 is 28.0 Å². The van der Waals surface area contributed by atoms with Crippen LogP contribution in [-0.2, 0) is 38.7 Å². The maximum atomic E-state index is 14.2. The zero-order chi connectivity index (χ0) is 25.7. The number of hydrogen-bond donors (Lipinski definition) is 0. The number of fused-ring (bicyclic) bond motifs is 1. The minimum absolute atomic E-state index is 0.0308. The van der Waals surface area contributed by atoms with Crippen molar-refractivity contribution < 1.29 is 55.4 Å². The van der Waals surface area contributed by atoms with Crippen LogP contribution in [0.25, 0.3) is 0 Å². The highest BCUT2D eigenvalue weighted by molar-refractivity contribution is 7.85. The van der Waals surface area contributed by atoms with Crippen LogP contribution in [0.2, 0.25) is 0 Å². The van der Waals surface area contributed by atoms with Gasteiger partial charge in [-0.2, -0.15) is 0 Å². The fourth-order valence-corrected chi connectivity index (χ4v) is 4.64. The van der Waals surface area contributed by atoms with E-state index in [0.717, 1.165) is 6.07 Å². The van der Waals surface area contributed by atoms with Crippen molar-refractivity contribution in [3.63, 3.8) is 0 Å². The lowest BCUT2D eigenvalue weighted by Crippen LogP contribution is -2.48. The molecule has 0 amide bonds. The van der Waals surface area contributed by atoms with Crippen molar-refractivity contribution in [1.29, 1.82) is 0 Å². The van der Waals surface area contributed by atoms with E-state index in [2.05, 4.69) is 0 Å². The zero-order valence-electron chi connectivity index (χ0n) is 19.1. The van der Waals surface area contributed by atoms with Crippen LogP contribution in [0.15, 0.2) is 18.2 Å². The average molecular weight is 515 g/mol. The van der Waals surface area contributed by atoms with Gasteiger partial charge in [0, 0.05) is 0 Å². The molecule has 3 saturated heterocycles. The summed E-state index contributed by atoms with van der Waals surface area (Å²) < 4.78 is 73.5. The summed E-state index contributed by atoms with van der Waals surface area (Å²) in [5, 5.41) is 0. The quantitative estimate of drug-likeness (QED) is 0.262. The standard InChI is InChI=1S/C22H25FO11S/c1-4-22(2,3)34-12-9-10(5-6-11(12)23)19(24)32-17-15-13(20(25)30-7-8-35(27,28)29)14-16(31-15)18(17)33-21(14)26/h5-6,9,13-18H,4,7-8H2,1-3H3,(H,27,28,29)/p-1. The summed E-state index contributed by atoms with van der Waals surface area (Å²) in [6.45, 7) is 4.70. The average Bonchev–Trinajstić information content (AvgIpc) is 3.38. The zero-order valence-corrected chi connectivity index (χ0v) is 19.9. The van der Waals surface area contributed by atoms with E-state index in [-0.39, 0.29) is 11.3 Å². The number of hydrogen-bond acceptors (Lipinski definition) is 11. The molecule has 0 aliphatic carbocycles. The van der Waals surface area contributed by atoms with Crippen molar-refractivity contribution in [2.75, 3.05) is 12.4 Å². The largest absolute Gasteiger partial charge is 0.748 e. The SMILES string of the molecule is CCC(C)(C)Oc1cc(C(=O)OC2C3OC(=O)C4C3OC2C4C(=O)OCCS(=O)(=O)[O-])ccc1F. The van der Waals surface area contributed by atoms with E-state index in [1.165, 1.54) is 12.1 Å². The Morgan fingerprint density at radius 1 is 1.20 bits per heavy atom. The number of halogens is 1. The second-order valence-electron chi connectivity index (χ2n) is 9.18. The van der Waals surface area contributed by atoms with Crippen LogP contribution in [0.3, 0.4) is 0 Å². The van der Waals surface area contributed by atoms with E-state index in [1.54, 1.807) is 13.8 Å². The van der Waals surface area contributed by atoms with Crippen LogP contribution in [0.4, 0.5) is 4.39 Å². The number of rotatable bonds is 9. The summed E-state index contributed by atoms with van der Waals surface area (Å²) in [5.74, 6) is -6.54. The highest BCUT2D eigenvalue weighted by Gasteiger charge is 2.72. The van der Waals surface area contributed by atoms with Crippen molar-refractivity contribution in [3.05, 3.63) is 29.6 Å². The smallest absolute Gasteiger partial charge is 0.338 e. The number of carbonyl (C=O) groups is 3. The van der Waals surface area contributed by atoms with Gasteiger partial charge in [0.25, 0.3) is 0 Å². The Hall–Kier alpha value is -2.77. The van der Waals surface area contributed by atoms with Crippen LogP contribution in [-0.4, -0.2) is 73.3 Å². The fourth-order valence-electron chi connectivity index (χ4n) is 4.35. The molecule has 3 aliphatic heterocycles. The Morgan fingerprint density at radius 3 is 2.57 bits per heavy atom. The van der Waals surface area contributed by atoms with E-state index in [4.69, 9.17) is 23.7 Å². The summed E-state index contributed by atoms with van der Waals surface area (Å²) in [6, 6.07) is 3.46. The van der Waals surface area contributed by atoms with E-state index in [1.807, 2.05) is 6.92 Å². The van der Waals surface area contributed by atoms with Gasteiger partial charge in [-0.1, -0.05) is 6.92 Å². The summed E-state index contributed by atoms with van der Waals surface area (Å²) in [4.78, 5) is 37.8. The summed E-state index contributed by atoms with van der Waals surface area (Å²) in [6.07, 6.45) is -3.46. The van der Waals surface area contributed by atoms with Crippen molar-refractivity contribution in [1.82, 2.24) is 0 Å². The van der Waals surface area contributed by atoms with Crippen LogP contribution < -0.4 is 4.74 Å². The molecule has 0 N–H and O–H groups in total. The fraction of sp³-hybridized carbons (Fsp3) is 0.591. The van der Waals surface area contributed by atoms with Gasteiger partial charge in [-0.3, -0.25) is 9.59 Å². The van der Waals surface area contributed by atoms with Gasteiger partial charge in [0.05, 0.1) is 21.4 Å². The first-order valence-corrected chi connectivity index (χ1v) is 12.5. The Balaban J connectivity index is 1.50. The summed E-state index contributed by atoms with van der Waals surface area (Å²) >= 11 is 0. The van der Waals surface area contributed by atoms with Gasteiger partial charge in [-0.05, 0) is 38.5 Å². The number of esters is 3. The first kappa shape index (κ1) is 25.3. The van der Waals surface area contributed by atoms with Gasteiger partial charge < -0.3 is 28.2 Å². The van der Waals surface area contributed by atoms with Crippen molar-refractivity contribution in [3.8, 4) is 5.75 Å². The predicted molar refractivity (Wildman–Crippen MR) is 112 cm³/mol. The van der Waals surface area contributed by atoms with E-state index in [0.29, 0.717) is 6.42 Å². The molecule has 13 heteroatoms. The molecule has 0 spiro atoms. The molecule has 192 valence electrons. The molecule has 6 unspecified atom stereocenters. The first-order chi connectivity index (χ1) is 16.3. The molecule has 1 aromatic rings. The second kappa shape index (κ2) is 9.03. The lowest BCUT2D eigenvalue weighted by Gasteiger charge is -2.27. The lowest BCUT2D eigenvalue weighted by molar-refractivity contribution is -0.155. The minimum atomic E-state index is -4.61. The van der Waals surface area contributed by atoms with E-state index in [9.17, 15) is 31.7 Å². The molecule has 3 heterocycles. The molecular formula is C22H24FO11S-. The first-order valence-electron chi connectivity index (χ1n) is 11.0. The third kappa shape index (κ3) is 4.98. The molecule has 35 heavy (non-hydrogen) atoms. The minimum Gasteiger partial charge on any atom is -0.748 e. The molecule has 4 rings (SSSR count). The monoisotopic (exact) mass is 515 g/mol. The Kier molecular flexibility index (Phi) is 6.53. The molecule has 3 aliphatic rings. The molecule has 0 saturated carbocycles. The number of carbonyl (C=O) groups excluding carboxylic acids is 3. The van der Waals surface area contributed by atoms with Gasteiger partial charge in [-0.25, -0.2) is 17.6 Å². The highest BCUT2D eigenvalue weighted by Crippen LogP contribution is 2.51. The van der Waals surface area contributed by atoms with Crippen LogP contribution in [0, 0.1) is 17.7 Å². The van der Waals surface area contributed by atoms with Gasteiger partial charge in [0.1, 0.15) is 36.3 Å². The van der Waals surface area contributed by atoms with Crippen molar-refractivity contribution in [2.24, 2.45) is 11.8 Å². The molecule has 11 nitrogen and oxygen atoms in total. The molecular weight excluding hydrogens is 491 g/mol. The lowest BCUT2D eigenvalue weighted by atomic mass is 9.78. The van der Waals surface area contributed by atoms with Gasteiger partial charge in [0.2, 0.25) is 0 Å². The van der Waals surface area contributed by atoms with Gasteiger partial charge >= 0.3 is 17.9 Å². The van der Waals surface area contributed by atoms with Crippen LogP contribution in [0.1, 0.15) is 37.6 Å². The maximum Gasteiger partial charge on any atom is 0.338 e. The molecule has 0 radical (unpaired) electrons. The number of benzene rings is 1. The molecule has 3 fully saturated rings. The van der Waals surface area contributed by atoms with E-state index >= 15 is 0 Å². The van der Waals surface area contributed by atoms with Gasteiger partial charge in [-0.15, -0.1) is 0 Å². The molecule has 6 atom stereocenters. The van der Waals surface area contributed by atoms with Crippen LogP contribution in [0.5, 0.6) is 5.75 Å². The Labute approximate surface area is 200 Å². The molecule has 0 aromatic heterocycles. The Morgan fingerprint density at radius 2 is 1.91 bits per heavy atom. The normalized spacial score (nSPS) is 29.1. The highest BCUT2D eigenvalue weighted by atomic mass is 32.2. The van der Waals surface area contributed by atoms with E-state index < -0.39 is 88.1 Å². The third-order valence-corrected chi connectivity index (χ3v) is 7.07. The van der Waals surface area contributed by atoms with Gasteiger partial charge in [0.15, 0.2) is 23.8 Å². The summed E-state index contributed by atoms with van der Waals surface area (Å²) in [7, 11) is -4.61. The van der Waals surface area contributed by atoms with Crippen molar-refractivity contribution in [2.45, 2.75) is 57.2 Å². The third-order valence-electron chi connectivity index (χ3n) is 6.40. The summed E-state index contributed by atoms with van der Waals surface area (Å²) in [5.41, 5.74) is -0.717. The molecule has 2 bridgehead atoms. The predicted octanol–water partition coefficient (Wildman–Crippen LogP) is 0.946. The topological polar surface area (TPSA) is 155 Å². The second-order valence-corrected chi connectivity index (χ2v) is 10.7. The molecule has 1 aromatic carbocycles. The Bertz CT molecular complexity index is 1150.